The number of carbonyl (C=O) groups is 2. The van der Waals surface area contributed by atoms with E-state index in [2.05, 4.69) is 15.7 Å². The number of benzene rings is 2. The van der Waals surface area contributed by atoms with E-state index in [1.165, 1.54) is 15.6 Å². The molecule has 0 radical (unpaired) electrons. The maximum absolute atomic E-state index is 14.1. The first-order valence-corrected chi connectivity index (χ1v) is 18.6. The molecule has 1 aliphatic carbocycles. The molecule has 0 spiro atoms. The molecule has 10 nitrogen and oxygen atoms in total. The molecule has 1 saturated carbocycles. The van der Waals surface area contributed by atoms with Crippen molar-refractivity contribution in [3.8, 4) is 0 Å². The van der Waals surface area contributed by atoms with Crippen molar-refractivity contribution in [3.63, 3.8) is 0 Å². The van der Waals surface area contributed by atoms with Gasteiger partial charge in [-0.25, -0.2) is 4.72 Å². The summed E-state index contributed by atoms with van der Waals surface area (Å²) < 4.78 is 73.9. The molecule has 2 unspecified atom stereocenters. The highest BCUT2D eigenvalue weighted by molar-refractivity contribution is 7.87. The topological polar surface area (TPSA) is 102 Å². The fraction of sp³-hybridized carbons (Fsp3) is 0.543. The zero-order valence-corrected chi connectivity index (χ0v) is 28.1. The minimum atomic E-state index is -4.30. The maximum atomic E-state index is 14.1. The molecule has 2 amide bonds. The molecule has 2 atom stereocenters. The van der Waals surface area contributed by atoms with Crippen LogP contribution in [0.5, 0.6) is 0 Å². The standard InChI is InChI=1S/C35H42F3N5O5S/c36-35(37,38)23-40-12-14-41(15-13-40)34(45)27-20-25-8-4-5-9-28(25)32-31(24-6-2-1-3-7-24)29-11-10-26(21-30(29)43(32)22-27)33(44)39-49(46,47)42-16-18-48-19-17-42/h4-5,8-11,20-21,24,31-32H,1-3,6-7,12-19,22-23H2,(H,39,44). The van der Waals surface area contributed by atoms with Gasteiger partial charge < -0.3 is 14.5 Å². The number of fused-ring (bicyclic) bond motifs is 5. The van der Waals surface area contributed by atoms with E-state index in [1.807, 2.05) is 30.3 Å². The van der Waals surface area contributed by atoms with Crippen molar-refractivity contribution < 1.29 is 35.9 Å². The normalized spacial score (nSPS) is 24.0. The fourth-order valence-corrected chi connectivity index (χ4v) is 9.44. The summed E-state index contributed by atoms with van der Waals surface area (Å²) in [7, 11) is -4.07. The number of morpholine rings is 1. The van der Waals surface area contributed by atoms with Gasteiger partial charge in [-0.15, -0.1) is 0 Å². The number of halogens is 3. The molecular weight excluding hydrogens is 659 g/mol. The number of anilines is 1. The number of nitrogens with zero attached hydrogens (tertiary/aromatic N) is 4. The summed E-state index contributed by atoms with van der Waals surface area (Å²) in [6.45, 7) is 0.744. The third-order valence-electron chi connectivity index (χ3n) is 10.6. The van der Waals surface area contributed by atoms with Crippen LogP contribution in [0, 0.1) is 5.92 Å². The zero-order chi connectivity index (χ0) is 34.3. The molecule has 3 fully saturated rings. The van der Waals surface area contributed by atoms with Crippen molar-refractivity contribution in [1.29, 1.82) is 0 Å². The summed E-state index contributed by atoms with van der Waals surface area (Å²) in [5.74, 6) is -0.462. The van der Waals surface area contributed by atoms with Gasteiger partial charge in [-0.05, 0) is 53.7 Å². The Hall–Kier alpha value is -3.46. The van der Waals surface area contributed by atoms with Crippen molar-refractivity contribution in [1.82, 2.24) is 18.8 Å². The van der Waals surface area contributed by atoms with Gasteiger partial charge in [0.25, 0.3) is 11.8 Å². The van der Waals surface area contributed by atoms with Gasteiger partial charge in [0.15, 0.2) is 0 Å². The molecule has 7 rings (SSSR count). The smallest absolute Gasteiger partial charge is 0.379 e. The van der Waals surface area contributed by atoms with Gasteiger partial charge in [-0.2, -0.15) is 25.9 Å². The first kappa shape index (κ1) is 34.0. The van der Waals surface area contributed by atoms with E-state index in [-0.39, 0.29) is 82.5 Å². The molecule has 14 heteroatoms. The Morgan fingerprint density at radius 2 is 1.61 bits per heavy atom. The highest BCUT2D eigenvalue weighted by Crippen LogP contribution is 2.56. The Labute approximate surface area is 285 Å². The predicted octanol–water partition coefficient (Wildman–Crippen LogP) is 4.32. The number of hydrogen-bond donors (Lipinski definition) is 1. The van der Waals surface area contributed by atoms with Gasteiger partial charge in [0.05, 0.1) is 25.8 Å². The molecule has 1 N–H and O–H groups in total. The van der Waals surface area contributed by atoms with Crippen LogP contribution in [-0.4, -0.2) is 106 Å². The maximum Gasteiger partial charge on any atom is 0.401 e. The minimum absolute atomic E-state index is 0.0967. The van der Waals surface area contributed by atoms with Crippen LogP contribution in [0.25, 0.3) is 6.08 Å². The van der Waals surface area contributed by atoms with Crippen LogP contribution in [0.15, 0.2) is 48.0 Å². The van der Waals surface area contributed by atoms with E-state index in [1.54, 1.807) is 17.0 Å². The van der Waals surface area contributed by atoms with E-state index in [9.17, 15) is 31.2 Å². The lowest BCUT2D eigenvalue weighted by Gasteiger charge is -2.37. The second kappa shape index (κ2) is 13.7. The van der Waals surface area contributed by atoms with Crippen LogP contribution in [-0.2, 0) is 19.7 Å². The van der Waals surface area contributed by atoms with Gasteiger partial charge >= 0.3 is 16.4 Å². The first-order chi connectivity index (χ1) is 23.5. The third kappa shape index (κ3) is 7.10. The molecule has 5 aliphatic rings. The number of amides is 2. The minimum Gasteiger partial charge on any atom is -0.379 e. The van der Waals surface area contributed by atoms with Gasteiger partial charge in [-0.3, -0.25) is 14.5 Å². The van der Waals surface area contributed by atoms with Crippen molar-refractivity contribution in [2.75, 3.05) is 70.5 Å². The SMILES string of the molecule is O=C(NS(=O)(=O)N1CCOCC1)c1ccc2c(c1)N1CC(C(=O)N3CCN(CC(F)(F)F)CC3)=Cc3ccccc3C1C2C1CCCCC1. The quantitative estimate of drug-likeness (QED) is 0.479. The van der Waals surface area contributed by atoms with Crippen molar-refractivity contribution in [2.24, 2.45) is 5.92 Å². The molecule has 4 heterocycles. The fourth-order valence-electron chi connectivity index (χ4n) is 8.33. The van der Waals surface area contributed by atoms with Gasteiger partial charge in [0.1, 0.15) is 0 Å². The number of nitrogens with one attached hydrogen (secondary N) is 1. The number of carbonyl (C=O) groups excluding carboxylic acids is 2. The van der Waals surface area contributed by atoms with E-state index in [0.717, 1.165) is 48.1 Å². The average Bonchev–Trinajstić information content (AvgIpc) is 3.30. The summed E-state index contributed by atoms with van der Waals surface area (Å²) in [5.41, 5.74) is 4.61. The number of rotatable bonds is 6. The Morgan fingerprint density at radius 3 is 2.33 bits per heavy atom. The summed E-state index contributed by atoms with van der Waals surface area (Å²) in [6, 6.07) is 13.3. The Morgan fingerprint density at radius 1 is 0.898 bits per heavy atom. The van der Waals surface area contributed by atoms with E-state index in [4.69, 9.17) is 4.74 Å². The molecule has 2 aromatic rings. The van der Waals surface area contributed by atoms with Crippen molar-refractivity contribution in [2.45, 2.75) is 50.2 Å². The summed E-state index contributed by atoms with van der Waals surface area (Å²) in [6.07, 6.45) is 3.21. The van der Waals surface area contributed by atoms with Crippen LogP contribution in [0.1, 0.15) is 71.1 Å². The lowest BCUT2D eigenvalue weighted by Crippen LogP contribution is -2.51. The van der Waals surface area contributed by atoms with E-state index < -0.39 is 28.8 Å². The summed E-state index contributed by atoms with van der Waals surface area (Å²) >= 11 is 0. The zero-order valence-electron chi connectivity index (χ0n) is 27.3. The van der Waals surface area contributed by atoms with Crippen LogP contribution in [0.2, 0.25) is 0 Å². The van der Waals surface area contributed by atoms with Gasteiger partial charge in [-0.1, -0.05) is 49.6 Å². The first-order valence-electron chi connectivity index (χ1n) is 17.2. The van der Waals surface area contributed by atoms with Crippen molar-refractivity contribution in [3.05, 3.63) is 70.3 Å². The van der Waals surface area contributed by atoms with Crippen LogP contribution < -0.4 is 9.62 Å². The molecule has 0 aromatic heterocycles. The molecule has 49 heavy (non-hydrogen) atoms. The highest BCUT2D eigenvalue weighted by atomic mass is 32.2. The average molecular weight is 702 g/mol. The lowest BCUT2D eigenvalue weighted by molar-refractivity contribution is -0.151. The van der Waals surface area contributed by atoms with E-state index in [0.29, 0.717) is 11.5 Å². The summed E-state index contributed by atoms with van der Waals surface area (Å²) in [5, 5.41) is 0. The molecule has 264 valence electrons. The largest absolute Gasteiger partial charge is 0.401 e. The third-order valence-corrected chi connectivity index (χ3v) is 12.1. The summed E-state index contributed by atoms with van der Waals surface area (Å²) in [4.78, 5) is 32.8. The number of hydrogen-bond acceptors (Lipinski definition) is 7. The number of ether oxygens (including phenoxy) is 1. The molecule has 2 aromatic carbocycles. The Bertz CT molecular complexity index is 1710. The van der Waals surface area contributed by atoms with Gasteiger partial charge in [0.2, 0.25) is 0 Å². The second-order valence-corrected chi connectivity index (χ2v) is 15.4. The molecule has 4 aliphatic heterocycles. The molecular formula is C35H42F3N5O5S. The van der Waals surface area contributed by atoms with Gasteiger partial charge in [0, 0.05) is 68.6 Å². The Kier molecular flexibility index (Phi) is 9.50. The molecule has 0 bridgehead atoms. The van der Waals surface area contributed by atoms with Crippen LogP contribution in [0.3, 0.4) is 0 Å². The number of piperazine rings is 1. The highest BCUT2D eigenvalue weighted by Gasteiger charge is 2.46. The molecule has 2 saturated heterocycles. The van der Waals surface area contributed by atoms with Crippen LogP contribution in [0.4, 0.5) is 18.9 Å². The van der Waals surface area contributed by atoms with Crippen LogP contribution >= 0.6 is 0 Å². The Balaban J connectivity index is 1.22. The van der Waals surface area contributed by atoms with Crippen molar-refractivity contribution >= 4 is 33.8 Å². The monoisotopic (exact) mass is 701 g/mol. The number of alkyl halides is 3. The lowest BCUT2D eigenvalue weighted by atomic mass is 9.73. The predicted molar refractivity (Wildman–Crippen MR) is 178 cm³/mol. The second-order valence-electron chi connectivity index (χ2n) is 13.7. The van der Waals surface area contributed by atoms with E-state index >= 15 is 0 Å².